The Hall–Kier alpha value is -1.68. The van der Waals surface area contributed by atoms with E-state index in [2.05, 4.69) is 0 Å². The molecule has 0 amide bonds. The molecule has 0 bridgehead atoms. The highest BCUT2D eigenvalue weighted by Crippen LogP contribution is 2.31. The molecule has 2 rings (SSSR count). The first-order valence-corrected chi connectivity index (χ1v) is 5.88. The van der Waals surface area contributed by atoms with Crippen molar-refractivity contribution in [2.75, 3.05) is 7.11 Å². The quantitative estimate of drug-likeness (QED) is 0.775. The van der Waals surface area contributed by atoms with Gasteiger partial charge in [-0.2, -0.15) is 0 Å². The summed E-state index contributed by atoms with van der Waals surface area (Å²) in [7, 11) is 1.49. The number of thiophene rings is 1. The molecule has 0 atom stereocenters. The highest BCUT2D eigenvalue weighted by Gasteiger charge is 2.10. The molecular formula is C13H11FO2S. The van der Waals surface area contributed by atoms with Crippen LogP contribution in [0.5, 0.6) is 5.75 Å². The summed E-state index contributed by atoms with van der Waals surface area (Å²) in [4.78, 5) is 12.6. The highest BCUT2D eigenvalue weighted by molar-refractivity contribution is 7.17. The summed E-state index contributed by atoms with van der Waals surface area (Å²) in [5.74, 6) is 0.131. The van der Waals surface area contributed by atoms with Gasteiger partial charge in [0, 0.05) is 16.5 Å². The van der Waals surface area contributed by atoms with E-state index in [9.17, 15) is 9.18 Å². The summed E-state index contributed by atoms with van der Waals surface area (Å²) in [6.45, 7) is 1.50. The Morgan fingerprint density at radius 3 is 2.59 bits per heavy atom. The van der Waals surface area contributed by atoms with Crippen LogP contribution in [-0.2, 0) is 0 Å². The molecule has 1 aromatic heterocycles. The molecular weight excluding hydrogens is 239 g/mol. The molecule has 4 heteroatoms. The van der Waals surface area contributed by atoms with Gasteiger partial charge in [-0.15, -0.1) is 11.3 Å². The number of methoxy groups -OCH3 is 1. The van der Waals surface area contributed by atoms with Gasteiger partial charge in [0.25, 0.3) is 0 Å². The second-order valence-corrected chi connectivity index (χ2v) is 4.65. The minimum Gasteiger partial charge on any atom is -0.497 e. The van der Waals surface area contributed by atoms with Crippen LogP contribution in [0.4, 0.5) is 4.39 Å². The number of halogens is 1. The van der Waals surface area contributed by atoms with Crippen molar-refractivity contribution in [3.63, 3.8) is 0 Å². The third-order valence-electron chi connectivity index (χ3n) is 2.39. The molecule has 0 fully saturated rings. The first-order chi connectivity index (χ1) is 8.11. The Kier molecular flexibility index (Phi) is 3.24. The van der Waals surface area contributed by atoms with Crippen molar-refractivity contribution in [3.05, 3.63) is 41.0 Å². The molecule has 0 saturated carbocycles. The van der Waals surface area contributed by atoms with Crippen LogP contribution >= 0.6 is 11.3 Å². The Bertz CT molecular complexity index is 560. The average Bonchev–Trinajstić information content (AvgIpc) is 2.78. The summed E-state index contributed by atoms with van der Waals surface area (Å²) in [5.41, 5.74) is 0.489. The van der Waals surface area contributed by atoms with Crippen molar-refractivity contribution in [1.82, 2.24) is 0 Å². The van der Waals surface area contributed by atoms with E-state index in [0.717, 1.165) is 4.88 Å². The highest BCUT2D eigenvalue weighted by atomic mass is 32.1. The Balaban J connectivity index is 2.42. The summed E-state index contributed by atoms with van der Waals surface area (Å²) >= 11 is 1.29. The van der Waals surface area contributed by atoms with Crippen LogP contribution in [-0.4, -0.2) is 12.9 Å². The number of hydrogen-bond acceptors (Lipinski definition) is 3. The van der Waals surface area contributed by atoms with Crippen LogP contribution in [0.15, 0.2) is 30.3 Å². The molecule has 0 N–H and O–H groups in total. The maximum Gasteiger partial charge on any atom is 0.169 e. The number of carbonyl (C=O) groups excluding carboxylic acids is 1. The van der Waals surface area contributed by atoms with Crippen LogP contribution in [0, 0.1) is 5.82 Å². The van der Waals surface area contributed by atoms with Gasteiger partial charge in [0.05, 0.1) is 12.0 Å². The second kappa shape index (κ2) is 4.67. The van der Waals surface area contributed by atoms with Crippen molar-refractivity contribution in [2.45, 2.75) is 6.92 Å². The number of benzene rings is 1. The van der Waals surface area contributed by atoms with Crippen molar-refractivity contribution in [2.24, 2.45) is 0 Å². The van der Waals surface area contributed by atoms with Gasteiger partial charge in [0.15, 0.2) is 5.78 Å². The fourth-order valence-electron chi connectivity index (χ4n) is 1.49. The van der Waals surface area contributed by atoms with E-state index in [1.165, 1.54) is 31.4 Å². The lowest BCUT2D eigenvalue weighted by Crippen LogP contribution is -1.86. The molecule has 0 saturated heterocycles. The summed E-state index contributed by atoms with van der Waals surface area (Å²) in [6.07, 6.45) is 0. The normalized spacial score (nSPS) is 10.3. The minimum atomic E-state index is -0.346. The van der Waals surface area contributed by atoms with Gasteiger partial charge in [0.2, 0.25) is 0 Å². The van der Waals surface area contributed by atoms with Gasteiger partial charge in [-0.05, 0) is 31.2 Å². The van der Waals surface area contributed by atoms with E-state index < -0.39 is 0 Å². The van der Waals surface area contributed by atoms with Crippen molar-refractivity contribution in [3.8, 4) is 16.2 Å². The minimum absolute atomic E-state index is 0.00447. The smallest absolute Gasteiger partial charge is 0.169 e. The number of ether oxygens (including phenoxy) is 1. The summed E-state index contributed by atoms with van der Waals surface area (Å²) < 4.78 is 18.7. The van der Waals surface area contributed by atoms with Crippen molar-refractivity contribution in [1.29, 1.82) is 0 Å². The topological polar surface area (TPSA) is 26.3 Å². The predicted molar refractivity (Wildman–Crippen MR) is 66.3 cm³/mol. The molecule has 0 radical (unpaired) electrons. The molecule has 88 valence electrons. The maximum absolute atomic E-state index is 13.8. The van der Waals surface area contributed by atoms with Gasteiger partial charge < -0.3 is 4.74 Å². The largest absolute Gasteiger partial charge is 0.497 e. The average molecular weight is 250 g/mol. The van der Waals surface area contributed by atoms with Crippen LogP contribution in [0.3, 0.4) is 0 Å². The van der Waals surface area contributed by atoms with Gasteiger partial charge in [-0.3, -0.25) is 4.79 Å². The Morgan fingerprint density at radius 1 is 1.29 bits per heavy atom. The van der Waals surface area contributed by atoms with Crippen molar-refractivity contribution < 1.29 is 13.9 Å². The Labute approximate surface area is 103 Å². The van der Waals surface area contributed by atoms with Crippen LogP contribution in [0.1, 0.15) is 16.6 Å². The fraction of sp³-hybridized carbons (Fsp3) is 0.154. The zero-order valence-corrected chi connectivity index (χ0v) is 10.3. The molecule has 0 spiro atoms. The van der Waals surface area contributed by atoms with Crippen molar-refractivity contribution >= 4 is 17.1 Å². The monoisotopic (exact) mass is 250 g/mol. The third-order valence-corrected chi connectivity index (χ3v) is 3.61. The maximum atomic E-state index is 13.8. The predicted octanol–water partition coefficient (Wildman–Crippen LogP) is 3.77. The number of Topliss-reactive ketones (excluding diaryl/α,β-unsaturated/α-hetero) is 1. The number of ketones is 1. The lowest BCUT2D eigenvalue weighted by atomic mass is 10.1. The molecule has 17 heavy (non-hydrogen) atoms. The lowest BCUT2D eigenvalue weighted by Gasteiger charge is -2.03. The standard InChI is InChI=1S/C13H11FO2S/c1-8(15)12-5-6-13(17-12)10-4-3-9(16-2)7-11(10)14/h3-7H,1-2H3. The van der Waals surface area contributed by atoms with E-state index in [0.29, 0.717) is 16.2 Å². The molecule has 0 aliphatic rings. The number of carbonyl (C=O) groups is 1. The van der Waals surface area contributed by atoms with E-state index >= 15 is 0 Å². The molecule has 0 aliphatic heterocycles. The zero-order valence-electron chi connectivity index (χ0n) is 9.49. The van der Waals surface area contributed by atoms with Crippen LogP contribution in [0.2, 0.25) is 0 Å². The molecule has 0 unspecified atom stereocenters. The fourth-order valence-corrected chi connectivity index (χ4v) is 2.42. The van der Waals surface area contributed by atoms with E-state index in [-0.39, 0.29) is 11.6 Å². The molecule has 1 heterocycles. The van der Waals surface area contributed by atoms with Gasteiger partial charge in [0.1, 0.15) is 11.6 Å². The Morgan fingerprint density at radius 2 is 2.06 bits per heavy atom. The van der Waals surface area contributed by atoms with E-state index in [1.54, 1.807) is 24.3 Å². The van der Waals surface area contributed by atoms with Gasteiger partial charge in [-0.25, -0.2) is 4.39 Å². The number of hydrogen-bond donors (Lipinski definition) is 0. The van der Waals surface area contributed by atoms with Crippen LogP contribution in [0.25, 0.3) is 10.4 Å². The zero-order chi connectivity index (χ0) is 12.4. The SMILES string of the molecule is COc1ccc(-c2ccc(C(C)=O)s2)c(F)c1. The summed E-state index contributed by atoms with van der Waals surface area (Å²) in [6, 6.07) is 8.16. The molecule has 2 aromatic rings. The third kappa shape index (κ3) is 2.36. The first-order valence-electron chi connectivity index (χ1n) is 5.06. The van der Waals surface area contributed by atoms with E-state index in [4.69, 9.17) is 4.74 Å². The van der Waals surface area contributed by atoms with Gasteiger partial charge >= 0.3 is 0 Å². The second-order valence-electron chi connectivity index (χ2n) is 3.57. The van der Waals surface area contributed by atoms with E-state index in [1.807, 2.05) is 0 Å². The molecule has 2 nitrogen and oxygen atoms in total. The molecule has 1 aromatic carbocycles. The van der Waals surface area contributed by atoms with Crippen LogP contribution < -0.4 is 4.74 Å². The molecule has 0 aliphatic carbocycles. The number of rotatable bonds is 3. The first kappa shape index (κ1) is 11.8. The van der Waals surface area contributed by atoms with Gasteiger partial charge in [-0.1, -0.05) is 0 Å². The lowest BCUT2D eigenvalue weighted by molar-refractivity contribution is 0.102. The summed E-state index contributed by atoms with van der Waals surface area (Å²) in [5, 5.41) is 0.